The second-order valence-corrected chi connectivity index (χ2v) is 12.4. The van der Waals surface area contributed by atoms with Crippen LogP contribution in [-0.4, -0.2) is 59.9 Å². The van der Waals surface area contributed by atoms with E-state index < -0.39 is 45.5 Å². The van der Waals surface area contributed by atoms with Gasteiger partial charge in [0.1, 0.15) is 17.5 Å². The normalized spacial score (nSPS) is 16.3. The number of anilines is 2. The first kappa shape index (κ1) is 31.1. The molecule has 2 N–H and O–H groups in total. The van der Waals surface area contributed by atoms with E-state index in [0.717, 1.165) is 18.2 Å². The van der Waals surface area contributed by atoms with E-state index in [1.807, 2.05) is 0 Å². The summed E-state index contributed by atoms with van der Waals surface area (Å²) in [4.78, 5) is 32.0. The molecule has 1 fully saturated rings. The van der Waals surface area contributed by atoms with Crippen LogP contribution in [0.4, 0.5) is 29.1 Å². The standard InChI is InChI=1S/C29H31F4N5O3S/c1-18-24(19-12-20(30)14-21(31)13-19)16-35-27(38-10-5-8-29(32,33)9-11-38)26(18)28(40)36-22-6-4-7-23(15-22)42(3,41)37-25(39)17-34-2/h4,6-7,12-16,34H,5,8-11,17H2,1-3H3,(H,36,40). The van der Waals surface area contributed by atoms with Crippen LogP contribution in [0.1, 0.15) is 35.2 Å². The van der Waals surface area contributed by atoms with Crippen LogP contribution in [0.15, 0.2) is 57.9 Å². The van der Waals surface area contributed by atoms with Gasteiger partial charge in [0.05, 0.1) is 21.8 Å². The molecular formula is C29H31F4N5O3S. The fourth-order valence-corrected chi connectivity index (χ4v) is 6.05. The molecular weight excluding hydrogens is 574 g/mol. The second-order valence-electron chi connectivity index (χ2n) is 10.1. The summed E-state index contributed by atoms with van der Waals surface area (Å²) in [6.45, 7) is 1.67. The zero-order valence-electron chi connectivity index (χ0n) is 23.3. The number of halogens is 4. The average Bonchev–Trinajstić information content (AvgIpc) is 3.08. The Morgan fingerprint density at radius 1 is 1.10 bits per heavy atom. The van der Waals surface area contributed by atoms with Crippen molar-refractivity contribution in [1.82, 2.24) is 10.3 Å². The lowest BCUT2D eigenvalue weighted by molar-refractivity contribution is -0.116. The largest absolute Gasteiger partial charge is 0.356 e. The molecule has 3 aromatic rings. The van der Waals surface area contributed by atoms with Gasteiger partial charge in [0, 0.05) is 60.6 Å². The highest BCUT2D eigenvalue weighted by molar-refractivity contribution is 7.93. The molecule has 13 heteroatoms. The number of nitrogens with zero attached hydrogens (tertiary/aromatic N) is 3. The summed E-state index contributed by atoms with van der Waals surface area (Å²) in [6, 6.07) is 8.99. The van der Waals surface area contributed by atoms with Crippen LogP contribution in [0.25, 0.3) is 11.1 Å². The summed E-state index contributed by atoms with van der Waals surface area (Å²) in [5, 5.41) is 5.38. The van der Waals surface area contributed by atoms with E-state index in [9.17, 15) is 31.4 Å². The lowest BCUT2D eigenvalue weighted by Gasteiger charge is -2.26. The van der Waals surface area contributed by atoms with Crippen molar-refractivity contribution in [2.24, 2.45) is 4.36 Å². The Hall–Kier alpha value is -3.84. The van der Waals surface area contributed by atoms with Crippen LogP contribution in [0.5, 0.6) is 0 Å². The van der Waals surface area contributed by atoms with Gasteiger partial charge in [-0.05, 0) is 61.9 Å². The maximum absolute atomic E-state index is 14.1. The summed E-state index contributed by atoms with van der Waals surface area (Å²) in [6.07, 6.45) is 2.14. The summed E-state index contributed by atoms with van der Waals surface area (Å²) < 4.78 is 73.4. The minimum Gasteiger partial charge on any atom is -0.356 e. The Kier molecular flexibility index (Phi) is 9.31. The van der Waals surface area contributed by atoms with Crippen molar-refractivity contribution in [3.8, 4) is 11.1 Å². The van der Waals surface area contributed by atoms with Gasteiger partial charge in [0.25, 0.3) is 11.8 Å². The van der Waals surface area contributed by atoms with Crippen LogP contribution in [0.3, 0.4) is 0 Å². The number of alkyl halides is 2. The van der Waals surface area contributed by atoms with Crippen molar-refractivity contribution in [2.75, 3.05) is 43.2 Å². The average molecular weight is 606 g/mol. The number of hydrogen-bond acceptors (Lipinski definition) is 6. The fraction of sp³-hybridized carbons (Fsp3) is 0.345. The number of pyridine rings is 1. The molecule has 2 heterocycles. The van der Waals surface area contributed by atoms with E-state index in [4.69, 9.17) is 0 Å². The predicted octanol–water partition coefficient (Wildman–Crippen LogP) is 5.42. The molecule has 0 aliphatic carbocycles. The van der Waals surface area contributed by atoms with Gasteiger partial charge in [0.2, 0.25) is 5.92 Å². The molecule has 0 saturated carbocycles. The van der Waals surface area contributed by atoms with Gasteiger partial charge < -0.3 is 15.5 Å². The van der Waals surface area contributed by atoms with E-state index >= 15 is 0 Å². The number of rotatable bonds is 7. The minimum atomic E-state index is -3.13. The molecule has 8 nitrogen and oxygen atoms in total. The lowest BCUT2D eigenvalue weighted by Crippen LogP contribution is -2.30. The summed E-state index contributed by atoms with van der Waals surface area (Å²) >= 11 is 0. The van der Waals surface area contributed by atoms with Crippen LogP contribution in [0.2, 0.25) is 0 Å². The van der Waals surface area contributed by atoms with Gasteiger partial charge in [0.15, 0.2) is 0 Å². The Bertz CT molecular complexity index is 1620. The number of carbonyl (C=O) groups is 2. The number of carbonyl (C=O) groups excluding carboxylic acids is 2. The number of benzene rings is 2. The molecule has 1 atom stereocenters. The Labute approximate surface area is 241 Å². The SMILES string of the molecule is CNCC(=O)N=S(C)(=O)c1cccc(NC(=O)c2c(N3CCCC(F)(F)CC3)ncc(-c3cc(F)cc(F)c3)c2C)c1. The van der Waals surface area contributed by atoms with Gasteiger partial charge in [-0.3, -0.25) is 9.59 Å². The highest BCUT2D eigenvalue weighted by atomic mass is 32.2. The smallest absolute Gasteiger partial charge is 0.267 e. The molecule has 0 radical (unpaired) electrons. The van der Waals surface area contributed by atoms with E-state index in [0.29, 0.717) is 5.56 Å². The van der Waals surface area contributed by atoms with Gasteiger partial charge in [-0.1, -0.05) is 6.07 Å². The lowest BCUT2D eigenvalue weighted by atomic mass is 9.97. The topological polar surface area (TPSA) is 104 Å². The molecule has 1 aliphatic heterocycles. The van der Waals surface area contributed by atoms with Crippen molar-refractivity contribution < 1.29 is 31.4 Å². The van der Waals surface area contributed by atoms with Crippen molar-refractivity contribution in [2.45, 2.75) is 37.0 Å². The highest BCUT2D eigenvalue weighted by Crippen LogP contribution is 2.35. The molecule has 1 aromatic heterocycles. The van der Waals surface area contributed by atoms with Crippen LogP contribution in [-0.2, 0) is 14.5 Å². The summed E-state index contributed by atoms with van der Waals surface area (Å²) in [7, 11) is -1.57. The zero-order chi connectivity index (χ0) is 30.7. The third-order valence-electron chi connectivity index (χ3n) is 6.87. The maximum atomic E-state index is 14.1. The number of amides is 2. The predicted molar refractivity (Wildman–Crippen MR) is 153 cm³/mol. The monoisotopic (exact) mass is 605 g/mol. The first-order valence-electron chi connectivity index (χ1n) is 13.2. The number of likely N-dealkylation sites (N-methyl/N-ethyl adjacent to an activating group) is 1. The first-order chi connectivity index (χ1) is 19.8. The molecule has 42 heavy (non-hydrogen) atoms. The summed E-state index contributed by atoms with van der Waals surface area (Å²) in [5.74, 6) is -5.57. The molecule has 0 spiro atoms. The van der Waals surface area contributed by atoms with Crippen molar-refractivity contribution in [3.05, 3.63) is 71.4 Å². The Balaban J connectivity index is 1.77. The second kappa shape index (κ2) is 12.6. The van der Waals surface area contributed by atoms with Crippen LogP contribution in [0, 0.1) is 18.6 Å². The molecule has 2 aromatic carbocycles. The number of hydrogen-bond donors (Lipinski definition) is 2. The zero-order valence-corrected chi connectivity index (χ0v) is 24.2. The van der Waals surface area contributed by atoms with Crippen molar-refractivity contribution in [3.63, 3.8) is 0 Å². The van der Waals surface area contributed by atoms with E-state index in [1.54, 1.807) is 31.0 Å². The number of nitrogens with one attached hydrogen (secondary N) is 2. The van der Waals surface area contributed by atoms with Gasteiger partial charge in [-0.15, -0.1) is 0 Å². The molecule has 1 unspecified atom stereocenters. The quantitative estimate of drug-likeness (QED) is 0.349. The highest BCUT2D eigenvalue weighted by Gasteiger charge is 2.33. The Morgan fingerprint density at radius 3 is 2.50 bits per heavy atom. The first-order valence-corrected chi connectivity index (χ1v) is 15.1. The molecule has 224 valence electrons. The molecule has 1 saturated heterocycles. The van der Waals surface area contributed by atoms with Crippen LogP contribution < -0.4 is 15.5 Å². The van der Waals surface area contributed by atoms with Crippen molar-refractivity contribution >= 4 is 33.0 Å². The minimum absolute atomic E-state index is 0.0407. The third-order valence-corrected chi connectivity index (χ3v) is 8.55. The number of aromatic nitrogens is 1. The van der Waals surface area contributed by atoms with Crippen LogP contribution >= 0.6 is 0 Å². The Morgan fingerprint density at radius 2 is 1.81 bits per heavy atom. The van der Waals surface area contributed by atoms with E-state index in [2.05, 4.69) is 20.0 Å². The van der Waals surface area contributed by atoms with Crippen molar-refractivity contribution in [1.29, 1.82) is 0 Å². The van der Waals surface area contributed by atoms with E-state index in [1.165, 1.54) is 24.6 Å². The third kappa shape index (κ3) is 7.32. The van der Waals surface area contributed by atoms with Gasteiger partial charge in [-0.2, -0.15) is 4.36 Å². The van der Waals surface area contributed by atoms with Gasteiger partial charge in [-0.25, -0.2) is 26.8 Å². The fourth-order valence-electron chi connectivity index (χ4n) is 4.81. The summed E-state index contributed by atoms with van der Waals surface area (Å²) in [5.41, 5.74) is 1.05. The molecule has 2 amide bonds. The molecule has 1 aliphatic rings. The molecule has 4 rings (SSSR count). The van der Waals surface area contributed by atoms with E-state index in [-0.39, 0.29) is 65.6 Å². The van der Waals surface area contributed by atoms with Gasteiger partial charge >= 0.3 is 0 Å². The molecule has 0 bridgehead atoms. The maximum Gasteiger partial charge on any atom is 0.267 e.